The minimum atomic E-state index is 0.516. The van der Waals surface area contributed by atoms with Crippen LogP contribution in [0.15, 0.2) is 30.5 Å². The second kappa shape index (κ2) is 6.63. The first-order valence-corrected chi connectivity index (χ1v) is 8.17. The third kappa shape index (κ3) is 3.47. The van der Waals surface area contributed by atoms with Crippen LogP contribution >= 0.6 is 11.6 Å². The van der Waals surface area contributed by atoms with E-state index in [1.54, 1.807) is 0 Å². The van der Waals surface area contributed by atoms with E-state index in [1.165, 1.54) is 38.9 Å². The highest BCUT2D eigenvalue weighted by Crippen LogP contribution is 2.28. The monoisotopic (exact) mass is 303 g/mol. The topological polar surface area (TPSA) is 28.2 Å². The molecule has 1 N–H and O–H groups in total. The molecule has 0 spiro atoms. The number of hydrogen-bond donors (Lipinski definition) is 1. The standard InChI is InChI=1S/C17H22ClN3/c1-2-8-21-9-5-15(6-10-21)20-16-12-14(18)11-13-4-3-7-19-17(13)16/h3-4,7,11-12,15,20H,2,5-6,8-10H2,1H3. The second-order valence-corrected chi connectivity index (χ2v) is 6.23. The van der Waals surface area contributed by atoms with Gasteiger partial charge in [0.05, 0.1) is 11.2 Å². The molecule has 2 aromatic rings. The van der Waals surface area contributed by atoms with Crippen LogP contribution in [0, 0.1) is 0 Å². The molecule has 1 aromatic carbocycles. The maximum atomic E-state index is 6.23. The molecular formula is C17H22ClN3. The molecule has 0 saturated carbocycles. The Morgan fingerprint density at radius 3 is 2.90 bits per heavy atom. The third-order valence-electron chi connectivity index (χ3n) is 4.16. The normalized spacial score (nSPS) is 17.2. The van der Waals surface area contributed by atoms with Crippen molar-refractivity contribution in [1.82, 2.24) is 9.88 Å². The van der Waals surface area contributed by atoms with Gasteiger partial charge in [-0.15, -0.1) is 0 Å². The lowest BCUT2D eigenvalue weighted by atomic mass is 10.0. The molecule has 0 radical (unpaired) electrons. The van der Waals surface area contributed by atoms with Crippen molar-refractivity contribution in [3.05, 3.63) is 35.5 Å². The van der Waals surface area contributed by atoms with Crippen molar-refractivity contribution in [1.29, 1.82) is 0 Å². The molecule has 21 heavy (non-hydrogen) atoms. The van der Waals surface area contributed by atoms with Crippen LogP contribution in [-0.4, -0.2) is 35.6 Å². The molecule has 0 bridgehead atoms. The molecule has 1 aromatic heterocycles. The van der Waals surface area contributed by atoms with Crippen LogP contribution in [0.3, 0.4) is 0 Å². The predicted molar refractivity (Wildman–Crippen MR) is 90.1 cm³/mol. The van der Waals surface area contributed by atoms with Gasteiger partial charge >= 0.3 is 0 Å². The van der Waals surface area contributed by atoms with Crippen molar-refractivity contribution in [2.75, 3.05) is 25.0 Å². The zero-order valence-corrected chi connectivity index (χ0v) is 13.2. The van der Waals surface area contributed by atoms with Crippen molar-refractivity contribution in [2.45, 2.75) is 32.2 Å². The molecule has 3 rings (SSSR count). The molecular weight excluding hydrogens is 282 g/mol. The number of piperidine rings is 1. The van der Waals surface area contributed by atoms with Crippen molar-refractivity contribution in [2.24, 2.45) is 0 Å². The van der Waals surface area contributed by atoms with Gasteiger partial charge in [0.1, 0.15) is 0 Å². The fraction of sp³-hybridized carbons (Fsp3) is 0.471. The molecule has 4 heteroatoms. The number of nitrogens with one attached hydrogen (secondary N) is 1. The van der Waals surface area contributed by atoms with Crippen LogP contribution in [0.25, 0.3) is 10.9 Å². The Balaban J connectivity index is 1.74. The SMILES string of the molecule is CCCN1CCC(Nc2cc(Cl)cc3cccnc23)CC1. The quantitative estimate of drug-likeness (QED) is 0.918. The van der Waals surface area contributed by atoms with Crippen molar-refractivity contribution >= 4 is 28.2 Å². The summed E-state index contributed by atoms with van der Waals surface area (Å²) in [5.41, 5.74) is 2.07. The highest BCUT2D eigenvalue weighted by Gasteiger charge is 2.19. The van der Waals surface area contributed by atoms with Crippen molar-refractivity contribution < 1.29 is 0 Å². The van der Waals surface area contributed by atoms with E-state index in [4.69, 9.17) is 11.6 Å². The van der Waals surface area contributed by atoms with E-state index in [-0.39, 0.29) is 0 Å². The molecule has 0 unspecified atom stereocenters. The van der Waals surface area contributed by atoms with E-state index in [1.807, 2.05) is 24.4 Å². The zero-order valence-electron chi connectivity index (χ0n) is 12.5. The Kier molecular flexibility index (Phi) is 4.61. The number of pyridine rings is 1. The molecule has 1 aliphatic rings. The average molecular weight is 304 g/mol. The number of nitrogens with zero attached hydrogens (tertiary/aromatic N) is 2. The first-order chi connectivity index (χ1) is 10.3. The smallest absolute Gasteiger partial charge is 0.0934 e. The summed E-state index contributed by atoms with van der Waals surface area (Å²) < 4.78 is 0. The van der Waals surface area contributed by atoms with Crippen LogP contribution in [0.4, 0.5) is 5.69 Å². The Morgan fingerprint density at radius 2 is 2.14 bits per heavy atom. The molecule has 112 valence electrons. The maximum absolute atomic E-state index is 6.23. The molecule has 2 heterocycles. The van der Waals surface area contributed by atoms with Crippen molar-refractivity contribution in [3.63, 3.8) is 0 Å². The van der Waals surface area contributed by atoms with Crippen LogP contribution in [-0.2, 0) is 0 Å². The van der Waals surface area contributed by atoms with Gasteiger partial charge in [0, 0.05) is 35.7 Å². The second-order valence-electron chi connectivity index (χ2n) is 5.79. The van der Waals surface area contributed by atoms with Crippen molar-refractivity contribution in [3.8, 4) is 0 Å². The molecule has 1 saturated heterocycles. The Bertz CT molecular complexity index is 606. The maximum Gasteiger partial charge on any atom is 0.0934 e. The summed E-state index contributed by atoms with van der Waals surface area (Å²) in [6, 6.07) is 8.49. The zero-order chi connectivity index (χ0) is 14.7. The fourth-order valence-corrected chi connectivity index (χ4v) is 3.33. The van der Waals surface area contributed by atoms with Crippen LogP contribution in [0.2, 0.25) is 5.02 Å². The first kappa shape index (κ1) is 14.6. The summed E-state index contributed by atoms with van der Waals surface area (Å²) >= 11 is 6.23. The lowest BCUT2D eigenvalue weighted by Gasteiger charge is -2.32. The summed E-state index contributed by atoms with van der Waals surface area (Å²) in [7, 11) is 0. The van der Waals surface area contributed by atoms with Gasteiger partial charge in [-0.05, 0) is 44.0 Å². The van der Waals surface area contributed by atoms with E-state index in [2.05, 4.69) is 28.2 Å². The highest BCUT2D eigenvalue weighted by molar-refractivity contribution is 6.31. The van der Waals surface area contributed by atoms with Gasteiger partial charge < -0.3 is 10.2 Å². The van der Waals surface area contributed by atoms with Gasteiger partial charge in [0.15, 0.2) is 0 Å². The summed E-state index contributed by atoms with van der Waals surface area (Å²) in [5.74, 6) is 0. The summed E-state index contributed by atoms with van der Waals surface area (Å²) in [4.78, 5) is 7.05. The summed E-state index contributed by atoms with van der Waals surface area (Å²) in [5, 5.41) is 5.51. The molecule has 1 aliphatic heterocycles. The number of fused-ring (bicyclic) bond motifs is 1. The van der Waals surface area contributed by atoms with Gasteiger partial charge in [-0.1, -0.05) is 24.6 Å². The highest BCUT2D eigenvalue weighted by atomic mass is 35.5. The molecule has 3 nitrogen and oxygen atoms in total. The van der Waals surface area contributed by atoms with Crippen LogP contribution < -0.4 is 5.32 Å². The number of likely N-dealkylation sites (tertiary alicyclic amines) is 1. The van der Waals surface area contributed by atoms with Gasteiger partial charge in [-0.2, -0.15) is 0 Å². The Hall–Kier alpha value is -1.32. The van der Waals surface area contributed by atoms with Gasteiger partial charge in [0.25, 0.3) is 0 Å². The minimum absolute atomic E-state index is 0.516. The van der Waals surface area contributed by atoms with Crippen LogP contribution in [0.5, 0.6) is 0 Å². The number of benzene rings is 1. The first-order valence-electron chi connectivity index (χ1n) is 7.79. The number of halogens is 1. The predicted octanol–water partition coefficient (Wildman–Crippen LogP) is 4.17. The number of anilines is 1. The van der Waals surface area contributed by atoms with E-state index in [0.29, 0.717) is 6.04 Å². The fourth-order valence-electron chi connectivity index (χ4n) is 3.10. The molecule has 0 amide bonds. The molecule has 0 aliphatic carbocycles. The minimum Gasteiger partial charge on any atom is -0.380 e. The van der Waals surface area contributed by atoms with Gasteiger partial charge in [0.2, 0.25) is 0 Å². The Labute approximate surface area is 131 Å². The largest absolute Gasteiger partial charge is 0.380 e. The summed E-state index contributed by atoms with van der Waals surface area (Å²) in [6.07, 6.45) is 5.44. The van der Waals surface area contributed by atoms with Crippen LogP contribution in [0.1, 0.15) is 26.2 Å². The average Bonchev–Trinajstić information content (AvgIpc) is 2.49. The molecule has 1 fully saturated rings. The van der Waals surface area contributed by atoms with Gasteiger partial charge in [-0.25, -0.2) is 0 Å². The lowest BCUT2D eigenvalue weighted by molar-refractivity contribution is 0.219. The van der Waals surface area contributed by atoms with E-state index >= 15 is 0 Å². The van der Waals surface area contributed by atoms with E-state index in [9.17, 15) is 0 Å². The number of hydrogen-bond acceptors (Lipinski definition) is 3. The lowest BCUT2D eigenvalue weighted by Crippen LogP contribution is -2.39. The third-order valence-corrected chi connectivity index (χ3v) is 4.37. The van der Waals surface area contributed by atoms with E-state index in [0.717, 1.165) is 21.6 Å². The summed E-state index contributed by atoms with van der Waals surface area (Å²) in [6.45, 7) is 5.82. The number of aromatic nitrogens is 1. The van der Waals surface area contributed by atoms with E-state index < -0.39 is 0 Å². The Morgan fingerprint density at radius 1 is 1.33 bits per heavy atom. The van der Waals surface area contributed by atoms with Gasteiger partial charge in [-0.3, -0.25) is 4.98 Å². The number of rotatable bonds is 4. The molecule has 0 atom stereocenters.